The largest absolute Gasteiger partial charge is 0.480 e. The third kappa shape index (κ3) is 3.26. The third-order valence-corrected chi connectivity index (χ3v) is 3.79. The fourth-order valence-electron chi connectivity index (χ4n) is 2.41. The van der Waals surface area contributed by atoms with Crippen molar-refractivity contribution in [1.29, 1.82) is 0 Å². The van der Waals surface area contributed by atoms with Gasteiger partial charge in [-0.3, -0.25) is 4.79 Å². The van der Waals surface area contributed by atoms with Gasteiger partial charge in [0.1, 0.15) is 6.04 Å². The van der Waals surface area contributed by atoms with Crippen molar-refractivity contribution in [3.8, 4) is 0 Å². The molecule has 0 spiro atoms. The average Bonchev–Trinajstić information content (AvgIpc) is 2.87. The molecule has 0 bridgehead atoms. The van der Waals surface area contributed by atoms with Gasteiger partial charge >= 0.3 is 5.97 Å². The van der Waals surface area contributed by atoms with E-state index >= 15 is 0 Å². The first-order chi connectivity index (χ1) is 9.09. The summed E-state index contributed by atoms with van der Waals surface area (Å²) in [5, 5.41) is 9.69. The normalized spacial score (nSPS) is 18.6. The molecule has 5 heteroatoms. The number of amides is 1. The molecule has 4 nitrogen and oxygen atoms in total. The Labute approximate surface area is 117 Å². The maximum absolute atomic E-state index is 12.1. The summed E-state index contributed by atoms with van der Waals surface area (Å²) in [7, 11) is 0. The predicted molar refractivity (Wildman–Crippen MR) is 72.1 cm³/mol. The highest BCUT2D eigenvalue weighted by Crippen LogP contribution is 2.21. The van der Waals surface area contributed by atoms with E-state index in [-0.39, 0.29) is 5.91 Å². The minimum absolute atomic E-state index is 0.107. The first-order valence-corrected chi connectivity index (χ1v) is 6.73. The van der Waals surface area contributed by atoms with Crippen LogP contribution >= 0.6 is 11.6 Å². The lowest BCUT2D eigenvalue weighted by molar-refractivity contribution is -0.148. The fourth-order valence-corrected chi connectivity index (χ4v) is 2.64. The number of aryl methyl sites for hydroxylation is 1. The van der Waals surface area contributed by atoms with Gasteiger partial charge in [-0.25, -0.2) is 4.79 Å². The van der Waals surface area contributed by atoms with E-state index in [1.54, 1.807) is 6.07 Å². The second-order valence-electron chi connectivity index (χ2n) is 4.67. The molecule has 1 saturated heterocycles. The molecule has 19 heavy (non-hydrogen) atoms. The van der Waals surface area contributed by atoms with Gasteiger partial charge in [0.2, 0.25) is 5.91 Å². The van der Waals surface area contributed by atoms with Crippen LogP contribution < -0.4 is 0 Å². The Hall–Kier alpha value is -1.55. The Morgan fingerprint density at radius 3 is 2.79 bits per heavy atom. The van der Waals surface area contributed by atoms with Crippen LogP contribution in [-0.2, 0) is 16.0 Å². The monoisotopic (exact) mass is 281 g/mol. The molecule has 1 aromatic carbocycles. The van der Waals surface area contributed by atoms with Crippen LogP contribution in [0.1, 0.15) is 24.8 Å². The summed E-state index contributed by atoms with van der Waals surface area (Å²) in [6.45, 7) is 0.540. The van der Waals surface area contributed by atoms with Crippen LogP contribution in [0.25, 0.3) is 0 Å². The van der Waals surface area contributed by atoms with Gasteiger partial charge in [0.25, 0.3) is 0 Å². The molecular formula is C14H16ClNO3. The highest BCUT2D eigenvalue weighted by molar-refractivity contribution is 6.31. The number of aliphatic carboxylic acids is 1. The molecule has 102 valence electrons. The summed E-state index contributed by atoms with van der Waals surface area (Å²) >= 11 is 6.03. The van der Waals surface area contributed by atoms with E-state index in [9.17, 15) is 9.59 Å². The molecule has 1 N–H and O–H groups in total. The quantitative estimate of drug-likeness (QED) is 0.922. The minimum atomic E-state index is -0.913. The van der Waals surface area contributed by atoms with Crippen molar-refractivity contribution in [2.45, 2.75) is 31.7 Å². The number of carbonyl (C=O) groups excluding carboxylic acids is 1. The van der Waals surface area contributed by atoms with E-state index in [1.807, 2.05) is 18.2 Å². The van der Waals surface area contributed by atoms with E-state index < -0.39 is 12.0 Å². The zero-order valence-corrected chi connectivity index (χ0v) is 11.3. The van der Waals surface area contributed by atoms with E-state index in [0.717, 1.165) is 12.0 Å². The molecule has 1 aromatic rings. The van der Waals surface area contributed by atoms with Crippen molar-refractivity contribution in [2.75, 3.05) is 6.54 Å². The fraction of sp³-hybridized carbons (Fsp3) is 0.429. The number of rotatable bonds is 4. The second-order valence-corrected chi connectivity index (χ2v) is 5.08. The van der Waals surface area contributed by atoms with E-state index in [2.05, 4.69) is 0 Å². The van der Waals surface area contributed by atoms with Crippen molar-refractivity contribution in [1.82, 2.24) is 4.90 Å². The van der Waals surface area contributed by atoms with Crippen LogP contribution in [0.3, 0.4) is 0 Å². The van der Waals surface area contributed by atoms with Crippen LogP contribution in [0, 0.1) is 0 Å². The van der Waals surface area contributed by atoms with Crippen LogP contribution in [0.5, 0.6) is 0 Å². The molecule has 0 saturated carbocycles. The van der Waals surface area contributed by atoms with Crippen LogP contribution in [0.2, 0.25) is 5.02 Å². The summed E-state index contributed by atoms with van der Waals surface area (Å²) in [5.41, 5.74) is 0.920. The van der Waals surface area contributed by atoms with Crippen LogP contribution in [0.4, 0.5) is 0 Å². The van der Waals surface area contributed by atoms with Gasteiger partial charge < -0.3 is 10.0 Å². The molecule has 1 atom stereocenters. The molecule has 1 amide bonds. The Morgan fingerprint density at radius 1 is 1.37 bits per heavy atom. The molecule has 0 radical (unpaired) electrons. The molecule has 1 aliphatic rings. The molecule has 1 aliphatic heterocycles. The summed E-state index contributed by atoms with van der Waals surface area (Å²) < 4.78 is 0. The summed E-state index contributed by atoms with van der Waals surface area (Å²) in [4.78, 5) is 24.6. The number of halogens is 1. The van der Waals surface area contributed by atoms with Crippen LogP contribution in [0.15, 0.2) is 24.3 Å². The van der Waals surface area contributed by atoms with Crippen molar-refractivity contribution in [2.24, 2.45) is 0 Å². The highest BCUT2D eigenvalue weighted by Gasteiger charge is 2.33. The number of nitrogens with zero attached hydrogens (tertiary/aromatic N) is 1. The van der Waals surface area contributed by atoms with Gasteiger partial charge in [0, 0.05) is 18.0 Å². The van der Waals surface area contributed by atoms with Crippen LogP contribution in [-0.4, -0.2) is 34.5 Å². The number of carbonyl (C=O) groups is 2. The Bertz CT molecular complexity index is 489. The van der Waals surface area contributed by atoms with E-state index in [0.29, 0.717) is 30.8 Å². The van der Waals surface area contributed by atoms with E-state index in [4.69, 9.17) is 16.7 Å². The number of likely N-dealkylation sites (tertiary alicyclic amines) is 1. The zero-order chi connectivity index (χ0) is 13.8. The number of benzene rings is 1. The SMILES string of the molecule is O=C(O)[C@H]1CCCN1C(=O)CCc1ccccc1Cl. The van der Waals surface area contributed by atoms with Gasteiger partial charge in [-0.05, 0) is 30.9 Å². The number of carboxylic acid groups (broad SMARTS) is 1. The standard InChI is InChI=1S/C14H16ClNO3/c15-11-5-2-1-4-10(11)7-8-13(17)16-9-3-6-12(16)14(18)19/h1-2,4-5,12H,3,6-9H2,(H,18,19)/t12-/m1/s1. The number of hydrogen-bond acceptors (Lipinski definition) is 2. The Morgan fingerprint density at radius 2 is 2.11 bits per heavy atom. The second kappa shape index (κ2) is 6.06. The van der Waals surface area contributed by atoms with Crippen molar-refractivity contribution in [3.05, 3.63) is 34.9 Å². The summed E-state index contributed by atoms with van der Waals surface area (Å²) in [6, 6.07) is 6.74. The lowest BCUT2D eigenvalue weighted by Crippen LogP contribution is -2.40. The number of carboxylic acids is 1. The molecule has 1 heterocycles. The maximum Gasteiger partial charge on any atom is 0.326 e. The Balaban J connectivity index is 1.95. The first kappa shape index (κ1) is 13.9. The van der Waals surface area contributed by atoms with Gasteiger partial charge in [0.15, 0.2) is 0 Å². The third-order valence-electron chi connectivity index (χ3n) is 3.42. The van der Waals surface area contributed by atoms with Gasteiger partial charge in [-0.15, -0.1) is 0 Å². The van der Waals surface area contributed by atoms with E-state index in [1.165, 1.54) is 4.90 Å². The van der Waals surface area contributed by atoms with Crippen molar-refractivity contribution < 1.29 is 14.7 Å². The average molecular weight is 282 g/mol. The van der Waals surface area contributed by atoms with Crippen molar-refractivity contribution in [3.63, 3.8) is 0 Å². The van der Waals surface area contributed by atoms with Gasteiger partial charge in [-0.2, -0.15) is 0 Å². The minimum Gasteiger partial charge on any atom is -0.480 e. The molecular weight excluding hydrogens is 266 g/mol. The molecule has 0 aliphatic carbocycles. The lowest BCUT2D eigenvalue weighted by atomic mass is 10.1. The number of hydrogen-bond donors (Lipinski definition) is 1. The Kier molecular flexibility index (Phi) is 4.43. The topological polar surface area (TPSA) is 57.6 Å². The van der Waals surface area contributed by atoms with Gasteiger partial charge in [0.05, 0.1) is 0 Å². The molecule has 0 aromatic heterocycles. The smallest absolute Gasteiger partial charge is 0.326 e. The molecule has 0 unspecified atom stereocenters. The lowest BCUT2D eigenvalue weighted by Gasteiger charge is -2.21. The first-order valence-electron chi connectivity index (χ1n) is 6.35. The van der Waals surface area contributed by atoms with Gasteiger partial charge in [-0.1, -0.05) is 29.8 Å². The summed E-state index contributed by atoms with van der Waals surface area (Å²) in [5.74, 6) is -1.02. The maximum atomic E-state index is 12.1. The van der Waals surface area contributed by atoms with Crippen molar-refractivity contribution >= 4 is 23.5 Å². The predicted octanol–water partition coefficient (Wildman–Crippen LogP) is 2.35. The summed E-state index contributed by atoms with van der Waals surface area (Å²) in [6.07, 6.45) is 2.15. The zero-order valence-electron chi connectivity index (χ0n) is 10.5. The molecule has 2 rings (SSSR count). The molecule has 1 fully saturated rings. The highest BCUT2D eigenvalue weighted by atomic mass is 35.5.